The number of fused-ring (bicyclic) bond motifs is 1. The lowest BCUT2D eigenvalue weighted by Gasteiger charge is -2.11. The fourth-order valence-electron chi connectivity index (χ4n) is 2.59. The van der Waals surface area contributed by atoms with E-state index in [1.807, 2.05) is 49.4 Å². The van der Waals surface area contributed by atoms with Crippen molar-refractivity contribution in [3.8, 4) is 0 Å². The monoisotopic (exact) mass is 277 g/mol. The molecule has 3 heteroatoms. The Morgan fingerprint density at radius 3 is 2.38 bits per heavy atom. The first-order chi connectivity index (χ1) is 10.2. The van der Waals surface area contributed by atoms with E-state index in [1.165, 1.54) is 6.07 Å². The van der Waals surface area contributed by atoms with Crippen LogP contribution in [0.4, 0.5) is 0 Å². The number of aryl methyl sites for hydroxylation is 1. The van der Waals surface area contributed by atoms with Gasteiger partial charge in [0.25, 0.3) is 5.56 Å². The summed E-state index contributed by atoms with van der Waals surface area (Å²) < 4.78 is 1.68. The molecule has 0 amide bonds. The van der Waals surface area contributed by atoms with Crippen LogP contribution in [0.2, 0.25) is 0 Å². The van der Waals surface area contributed by atoms with E-state index >= 15 is 0 Å². The fourth-order valence-corrected chi connectivity index (χ4v) is 2.59. The summed E-state index contributed by atoms with van der Waals surface area (Å²) in [5, 5.41) is 0.813. The van der Waals surface area contributed by atoms with Crippen LogP contribution in [0.3, 0.4) is 0 Å². The molecule has 0 aliphatic carbocycles. The van der Waals surface area contributed by atoms with Crippen molar-refractivity contribution in [3.05, 3.63) is 82.1 Å². The Morgan fingerprint density at radius 1 is 1.00 bits per heavy atom. The van der Waals surface area contributed by atoms with Gasteiger partial charge in [-0.2, -0.15) is 0 Å². The Balaban J connectivity index is 2.29. The maximum absolute atomic E-state index is 12.7. The second kappa shape index (κ2) is 5.37. The predicted molar refractivity (Wildman–Crippen MR) is 83.8 cm³/mol. The minimum atomic E-state index is -0.143. The van der Waals surface area contributed by atoms with Gasteiger partial charge in [0.15, 0.2) is 5.78 Å². The highest BCUT2D eigenvalue weighted by Crippen LogP contribution is 2.20. The smallest absolute Gasteiger partial charge is 0.251 e. The normalized spacial score (nSPS) is 10.7. The van der Waals surface area contributed by atoms with Gasteiger partial charge in [-0.1, -0.05) is 48.5 Å². The molecule has 104 valence electrons. The average Bonchev–Trinajstić information content (AvgIpc) is 2.54. The summed E-state index contributed by atoms with van der Waals surface area (Å²) in [7, 11) is 0. The fraction of sp³-hybridized carbons (Fsp3) is 0.111. The van der Waals surface area contributed by atoms with Crippen molar-refractivity contribution < 1.29 is 4.79 Å². The second-order valence-electron chi connectivity index (χ2n) is 4.85. The zero-order valence-electron chi connectivity index (χ0n) is 11.7. The lowest BCUT2D eigenvalue weighted by Crippen LogP contribution is -2.21. The highest BCUT2D eigenvalue weighted by atomic mass is 16.1. The number of hydrogen-bond acceptors (Lipinski definition) is 2. The molecule has 0 bridgehead atoms. The van der Waals surface area contributed by atoms with Crippen molar-refractivity contribution in [3.63, 3.8) is 0 Å². The van der Waals surface area contributed by atoms with Crippen LogP contribution in [-0.4, -0.2) is 10.4 Å². The topological polar surface area (TPSA) is 39.1 Å². The highest BCUT2D eigenvalue weighted by molar-refractivity contribution is 6.15. The number of pyridine rings is 1. The van der Waals surface area contributed by atoms with E-state index in [9.17, 15) is 9.59 Å². The van der Waals surface area contributed by atoms with E-state index in [1.54, 1.807) is 16.7 Å². The summed E-state index contributed by atoms with van der Waals surface area (Å²) in [6.07, 6.45) is 0. The predicted octanol–water partition coefficient (Wildman–Crippen LogP) is 3.25. The standard InChI is InChI=1S/C18H15NO2/c1-2-19-16-11-7-6-10-14(16)15(12-17(19)20)18(21)13-8-4-3-5-9-13/h3-12H,2H2,1H3. The van der Waals surface area contributed by atoms with E-state index in [0.717, 1.165) is 10.9 Å². The van der Waals surface area contributed by atoms with Gasteiger partial charge in [0.05, 0.1) is 5.52 Å². The first-order valence-electron chi connectivity index (χ1n) is 6.94. The first-order valence-corrected chi connectivity index (χ1v) is 6.94. The van der Waals surface area contributed by atoms with Crippen molar-refractivity contribution in [2.24, 2.45) is 0 Å². The van der Waals surface area contributed by atoms with E-state index in [2.05, 4.69) is 0 Å². The van der Waals surface area contributed by atoms with Gasteiger partial charge in [0.1, 0.15) is 0 Å². The molecule has 0 atom stereocenters. The number of rotatable bonds is 3. The number of nitrogens with zero attached hydrogens (tertiary/aromatic N) is 1. The van der Waals surface area contributed by atoms with Crippen LogP contribution >= 0.6 is 0 Å². The van der Waals surface area contributed by atoms with Gasteiger partial charge >= 0.3 is 0 Å². The molecule has 0 N–H and O–H groups in total. The van der Waals surface area contributed by atoms with Gasteiger partial charge in [0, 0.05) is 29.1 Å². The summed E-state index contributed by atoms with van der Waals surface area (Å²) in [6.45, 7) is 2.51. The Kier molecular flexibility index (Phi) is 3.40. The van der Waals surface area contributed by atoms with E-state index in [4.69, 9.17) is 0 Å². The van der Waals surface area contributed by atoms with Crippen LogP contribution < -0.4 is 5.56 Å². The zero-order chi connectivity index (χ0) is 14.8. The number of para-hydroxylation sites is 1. The molecular weight excluding hydrogens is 262 g/mol. The molecule has 2 aromatic carbocycles. The third-order valence-corrected chi connectivity index (χ3v) is 3.62. The van der Waals surface area contributed by atoms with E-state index in [-0.39, 0.29) is 11.3 Å². The Hall–Kier alpha value is -2.68. The van der Waals surface area contributed by atoms with Gasteiger partial charge in [-0.25, -0.2) is 0 Å². The minimum absolute atomic E-state index is 0.118. The summed E-state index contributed by atoms with van der Waals surface area (Å²) in [5.74, 6) is -0.118. The maximum atomic E-state index is 12.7. The summed E-state index contributed by atoms with van der Waals surface area (Å²) in [6, 6.07) is 18.0. The van der Waals surface area contributed by atoms with E-state index in [0.29, 0.717) is 17.7 Å². The molecule has 0 radical (unpaired) electrons. The SMILES string of the molecule is CCn1c(=O)cc(C(=O)c2ccccc2)c2ccccc21. The van der Waals surface area contributed by atoms with Crippen molar-refractivity contribution >= 4 is 16.7 Å². The third kappa shape index (κ3) is 2.27. The molecule has 0 aliphatic heterocycles. The van der Waals surface area contributed by atoms with Crippen LogP contribution in [0.25, 0.3) is 10.9 Å². The number of carbonyl (C=O) groups excluding carboxylic acids is 1. The molecule has 0 spiro atoms. The van der Waals surface area contributed by atoms with Crippen LogP contribution in [0.15, 0.2) is 65.5 Å². The molecular formula is C18H15NO2. The number of benzene rings is 2. The van der Waals surface area contributed by atoms with Crippen molar-refractivity contribution in [1.29, 1.82) is 0 Å². The molecule has 3 nitrogen and oxygen atoms in total. The lowest BCUT2D eigenvalue weighted by atomic mass is 9.99. The molecule has 0 saturated carbocycles. The number of carbonyl (C=O) groups is 1. The molecule has 0 aliphatic rings. The van der Waals surface area contributed by atoms with Gasteiger partial charge < -0.3 is 4.57 Å². The lowest BCUT2D eigenvalue weighted by molar-refractivity contribution is 0.104. The van der Waals surface area contributed by atoms with Crippen molar-refractivity contribution in [1.82, 2.24) is 4.57 Å². The molecule has 3 rings (SSSR count). The Bertz CT molecular complexity index is 863. The molecule has 1 aromatic heterocycles. The summed E-state index contributed by atoms with van der Waals surface area (Å²) in [4.78, 5) is 24.9. The zero-order valence-corrected chi connectivity index (χ0v) is 11.7. The van der Waals surface area contributed by atoms with E-state index < -0.39 is 0 Å². The van der Waals surface area contributed by atoms with Gasteiger partial charge in [-0.05, 0) is 13.0 Å². The molecule has 0 unspecified atom stereocenters. The van der Waals surface area contributed by atoms with Crippen LogP contribution in [-0.2, 0) is 6.54 Å². The number of hydrogen-bond donors (Lipinski definition) is 0. The van der Waals surface area contributed by atoms with Gasteiger partial charge in [-0.3, -0.25) is 9.59 Å². The molecule has 1 heterocycles. The largest absolute Gasteiger partial charge is 0.309 e. The van der Waals surface area contributed by atoms with Gasteiger partial charge in [0.2, 0.25) is 0 Å². The quantitative estimate of drug-likeness (QED) is 0.689. The van der Waals surface area contributed by atoms with Gasteiger partial charge in [-0.15, -0.1) is 0 Å². The minimum Gasteiger partial charge on any atom is -0.309 e. The first kappa shape index (κ1) is 13.3. The second-order valence-corrected chi connectivity index (χ2v) is 4.85. The summed E-state index contributed by atoms with van der Waals surface area (Å²) in [5.41, 5.74) is 1.71. The average molecular weight is 277 g/mol. The maximum Gasteiger partial charge on any atom is 0.251 e. The number of aromatic nitrogens is 1. The van der Waals surface area contributed by atoms with Crippen LogP contribution in [0, 0.1) is 0 Å². The van der Waals surface area contributed by atoms with Crippen molar-refractivity contribution in [2.45, 2.75) is 13.5 Å². The number of ketones is 1. The Labute approximate surface area is 122 Å². The summed E-state index contributed by atoms with van der Waals surface area (Å²) >= 11 is 0. The third-order valence-electron chi connectivity index (χ3n) is 3.62. The molecule has 3 aromatic rings. The Morgan fingerprint density at radius 2 is 1.67 bits per heavy atom. The molecule has 21 heavy (non-hydrogen) atoms. The molecule has 0 saturated heterocycles. The van der Waals surface area contributed by atoms with Crippen molar-refractivity contribution in [2.75, 3.05) is 0 Å². The van der Waals surface area contributed by atoms with Crippen LogP contribution in [0.1, 0.15) is 22.8 Å². The highest BCUT2D eigenvalue weighted by Gasteiger charge is 2.15. The molecule has 0 fully saturated rings. The van der Waals surface area contributed by atoms with Crippen LogP contribution in [0.5, 0.6) is 0 Å².